The topological polar surface area (TPSA) is 54.0 Å². The second-order valence-electron chi connectivity index (χ2n) is 6.53. The number of unbranched alkanes of at least 4 members (excludes halogenated alkanes) is 2. The van der Waals surface area contributed by atoms with Crippen molar-refractivity contribution in [3.05, 3.63) is 48.0 Å². The van der Waals surface area contributed by atoms with E-state index in [0.29, 0.717) is 6.61 Å². The zero-order valence-corrected chi connectivity index (χ0v) is 15.2. The van der Waals surface area contributed by atoms with Gasteiger partial charge in [-0.15, -0.1) is 0 Å². The number of hydrogen-bond donors (Lipinski definition) is 0. The molecular weight excluding hydrogens is 332 g/mol. The number of fused-ring (bicyclic) bond motifs is 1. The molecule has 1 saturated heterocycles. The molecule has 2 aromatic carbocycles. The van der Waals surface area contributed by atoms with E-state index in [2.05, 4.69) is 42.5 Å². The lowest BCUT2D eigenvalue weighted by Gasteiger charge is -2.16. The number of carbonyl (C=O) groups excluding carboxylic acids is 1. The minimum atomic E-state index is -0.634. The van der Waals surface area contributed by atoms with Gasteiger partial charge in [-0.3, -0.25) is 0 Å². The zero-order chi connectivity index (χ0) is 18.2. The van der Waals surface area contributed by atoms with Crippen LogP contribution in [0, 0.1) is 0 Å². The first-order valence-electron chi connectivity index (χ1n) is 9.14. The van der Waals surface area contributed by atoms with E-state index in [9.17, 15) is 4.79 Å². The van der Waals surface area contributed by atoms with Gasteiger partial charge in [0.05, 0.1) is 0 Å². The van der Waals surface area contributed by atoms with Crippen molar-refractivity contribution in [2.75, 3.05) is 27.1 Å². The number of hydrogen-bond acceptors (Lipinski definition) is 5. The first kappa shape index (κ1) is 18.8. The number of cyclic esters (lactones) is 1. The van der Waals surface area contributed by atoms with Crippen LogP contribution >= 0.6 is 0 Å². The fraction of sp³-hybridized carbons (Fsp3) is 0.476. The van der Waals surface area contributed by atoms with E-state index in [4.69, 9.17) is 18.9 Å². The van der Waals surface area contributed by atoms with Crippen LogP contribution in [0.4, 0.5) is 0 Å². The molecule has 0 amide bonds. The maximum atomic E-state index is 11.7. The highest BCUT2D eigenvalue weighted by Gasteiger charge is 2.38. The number of aryl methyl sites for hydroxylation is 1. The van der Waals surface area contributed by atoms with Crippen molar-refractivity contribution in [3.8, 4) is 0 Å². The summed E-state index contributed by atoms with van der Waals surface area (Å²) in [5.41, 5.74) is 1.36. The predicted molar refractivity (Wildman–Crippen MR) is 99.0 cm³/mol. The molecule has 1 heterocycles. The smallest absolute Gasteiger partial charge is 0.338 e. The van der Waals surface area contributed by atoms with Gasteiger partial charge in [0.1, 0.15) is 19.5 Å². The summed E-state index contributed by atoms with van der Waals surface area (Å²) in [6, 6.07) is 15.1. The van der Waals surface area contributed by atoms with Gasteiger partial charge in [-0.25, -0.2) is 4.79 Å². The summed E-state index contributed by atoms with van der Waals surface area (Å²) in [4.78, 5) is 11.7. The molecule has 5 nitrogen and oxygen atoms in total. The SMILES string of the molecule is COCO[C@H]1COC(=O)[C@@H]1OCCCCCc1ccc2ccccc2c1. The molecule has 2 atom stereocenters. The summed E-state index contributed by atoms with van der Waals surface area (Å²) in [6.07, 6.45) is 3.11. The lowest BCUT2D eigenvalue weighted by Crippen LogP contribution is -2.33. The molecule has 1 aliphatic rings. The van der Waals surface area contributed by atoms with Crippen molar-refractivity contribution >= 4 is 16.7 Å². The van der Waals surface area contributed by atoms with Gasteiger partial charge in [0.25, 0.3) is 0 Å². The van der Waals surface area contributed by atoms with Crippen molar-refractivity contribution in [1.29, 1.82) is 0 Å². The highest BCUT2D eigenvalue weighted by atomic mass is 16.7. The molecular formula is C21H26O5. The van der Waals surface area contributed by atoms with Crippen LogP contribution in [0.1, 0.15) is 24.8 Å². The molecule has 26 heavy (non-hydrogen) atoms. The minimum absolute atomic E-state index is 0.132. The Bertz CT molecular complexity index is 714. The van der Waals surface area contributed by atoms with Gasteiger partial charge < -0.3 is 18.9 Å². The Morgan fingerprint density at radius 3 is 2.73 bits per heavy atom. The van der Waals surface area contributed by atoms with Crippen LogP contribution in [0.15, 0.2) is 42.5 Å². The molecule has 3 rings (SSSR count). The van der Waals surface area contributed by atoms with E-state index in [1.165, 1.54) is 16.3 Å². The molecule has 5 heteroatoms. The number of methoxy groups -OCH3 is 1. The lowest BCUT2D eigenvalue weighted by molar-refractivity contribution is -0.151. The quantitative estimate of drug-likeness (QED) is 0.370. The van der Waals surface area contributed by atoms with E-state index in [0.717, 1.165) is 25.7 Å². The van der Waals surface area contributed by atoms with Gasteiger partial charge in [-0.05, 0) is 35.6 Å². The first-order chi connectivity index (χ1) is 12.8. The van der Waals surface area contributed by atoms with Crippen LogP contribution in [0.25, 0.3) is 10.8 Å². The molecule has 140 valence electrons. The molecule has 1 fully saturated rings. The molecule has 0 N–H and O–H groups in total. The molecule has 0 unspecified atom stereocenters. The second kappa shape index (κ2) is 9.67. The number of carbonyl (C=O) groups is 1. The van der Waals surface area contributed by atoms with Crippen LogP contribution in [-0.4, -0.2) is 45.3 Å². The van der Waals surface area contributed by atoms with Crippen LogP contribution in [0.5, 0.6) is 0 Å². The fourth-order valence-electron chi connectivity index (χ4n) is 3.16. The van der Waals surface area contributed by atoms with Gasteiger partial charge in [-0.1, -0.05) is 48.9 Å². The normalized spacial score (nSPS) is 19.8. The Balaban J connectivity index is 1.35. The summed E-state index contributed by atoms with van der Waals surface area (Å²) in [5.74, 6) is -0.345. The first-order valence-corrected chi connectivity index (χ1v) is 9.14. The van der Waals surface area contributed by atoms with Crippen LogP contribution < -0.4 is 0 Å². The monoisotopic (exact) mass is 358 g/mol. The molecule has 0 saturated carbocycles. The Kier molecular flexibility index (Phi) is 7.00. The Morgan fingerprint density at radius 2 is 1.88 bits per heavy atom. The molecule has 0 radical (unpaired) electrons. The average Bonchev–Trinajstić information content (AvgIpc) is 3.02. The van der Waals surface area contributed by atoms with Gasteiger partial charge in [0, 0.05) is 13.7 Å². The van der Waals surface area contributed by atoms with Crippen molar-refractivity contribution in [3.63, 3.8) is 0 Å². The van der Waals surface area contributed by atoms with Crippen molar-refractivity contribution in [2.24, 2.45) is 0 Å². The zero-order valence-electron chi connectivity index (χ0n) is 15.2. The van der Waals surface area contributed by atoms with Gasteiger partial charge >= 0.3 is 5.97 Å². The van der Waals surface area contributed by atoms with E-state index in [1.807, 2.05) is 0 Å². The number of esters is 1. The summed E-state index contributed by atoms with van der Waals surface area (Å²) >= 11 is 0. The molecule has 1 aliphatic heterocycles. The molecule has 2 aromatic rings. The fourth-order valence-corrected chi connectivity index (χ4v) is 3.16. The van der Waals surface area contributed by atoms with Crippen LogP contribution in [0.3, 0.4) is 0 Å². The van der Waals surface area contributed by atoms with E-state index < -0.39 is 6.10 Å². The summed E-state index contributed by atoms with van der Waals surface area (Å²) in [7, 11) is 1.54. The van der Waals surface area contributed by atoms with E-state index >= 15 is 0 Å². The third kappa shape index (κ3) is 5.04. The maximum absolute atomic E-state index is 11.7. The number of rotatable bonds is 10. The van der Waals surface area contributed by atoms with Crippen LogP contribution in [-0.2, 0) is 30.2 Å². The third-order valence-corrected chi connectivity index (χ3v) is 4.58. The molecule has 0 aromatic heterocycles. The largest absolute Gasteiger partial charge is 0.461 e. The van der Waals surface area contributed by atoms with Crippen LogP contribution in [0.2, 0.25) is 0 Å². The number of ether oxygens (including phenoxy) is 4. The Labute approximate surface area is 154 Å². The minimum Gasteiger partial charge on any atom is -0.461 e. The van der Waals surface area contributed by atoms with Crippen molar-refractivity contribution in [2.45, 2.75) is 37.9 Å². The highest BCUT2D eigenvalue weighted by molar-refractivity contribution is 5.83. The molecule has 0 spiro atoms. The summed E-state index contributed by atoms with van der Waals surface area (Å²) in [6.45, 7) is 0.895. The maximum Gasteiger partial charge on any atom is 0.338 e. The standard InChI is InChI=1S/C21H26O5/c1-23-15-26-19-14-25-21(22)20(19)24-12-6-2-3-7-16-10-11-17-8-4-5-9-18(17)13-16/h4-5,8-11,13,19-20H,2-3,6-7,12,14-15H2,1H3/t19-,20+/m0/s1. The lowest BCUT2D eigenvalue weighted by atomic mass is 10.0. The van der Waals surface area contributed by atoms with Gasteiger partial charge in [0.2, 0.25) is 0 Å². The third-order valence-electron chi connectivity index (χ3n) is 4.58. The van der Waals surface area contributed by atoms with Gasteiger partial charge in [0.15, 0.2) is 6.10 Å². The predicted octanol–water partition coefficient (Wildman–Crippen LogP) is 3.48. The van der Waals surface area contributed by atoms with E-state index in [1.54, 1.807) is 7.11 Å². The van der Waals surface area contributed by atoms with Crippen molar-refractivity contribution in [1.82, 2.24) is 0 Å². The number of benzene rings is 2. The summed E-state index contributed by atoms with van der Waals surface area (Å²) in [5, 5.41) is 2.56. The van der Waals surface area contributed by atoms with E-state index in [-0.39, 0.29) is 25.5 Å². The Hall–Kier alpha value is -1.95. The molecule has 0 aliphatic carbocycles. The van der Waals surface area contributed by atoms with Gasteiger partial charge in [-0.2, -0.15) is 0 Å². The summed E-state index contributed by atoms with van der Waals surface area (Å²) < 4.78 is 21.0. The highest BCUT2D eigenvalue weighted by Crippen LogP contribution is 2.18. The average molecular weight is 358 g/mol. The second-order valence-corrected chi connectivity index (χ2v) is 6.53. The molecule has 0 bridgehead atoms. The van der Waals surface area contributed by atoms with Crippen molar-refractivity contribution < 1.29 is 23.7 Å². The Morgan fingerprint density at radius 1 is 1.04 bits per heavy atom.